The maximum atomic E-state index is 9.56. The zero-order chi connectivity index (χ0) is 28.9. The van der Waals surface area contributed by atoms with Crippen LogP contribution in [0.1, 0.15) is 67.6 Å². The van der Waals surface area contributed by atoms with Gasteiger partial charge in [0.05, 0.1) is 35.0 Å². The Hall–Kier alpha value is -3.18. The summed E-state index contributed by atoms with van der Waals surface area (Å²) in [7, 11) is 0. The maximum absolute atomic E-state index is 9.56. The zero-order valence-electron chi connectivity index (χ0n) is 24.5. The Balaban J connectivity index is 1.20. The first-order valence-corrected chi connectivity index (χ1v) is 16.0. The van der Waals surface area contributed by atoms with Crippen LogP contribution in [0.25, 0.3) is 16.3 Å². The molecule has 1 saturated heterocycles. The van der Waals surface area contributed by atoms with E-state index in [1.165, 1.54) is 5.56 Å². The molecule has 1 aliphatic carbocycles. The van der Waals surface area contributed by atoms with E-state index in [2.05, 4.69) is 41.3 Å². The SMILES string of the molecule is CC(c1cc(CN2CCOCC2)cc(N[C@H]2CC[C@H](CO)CC2)n1)C(C)c1ncc(-c2cnn(-c3ccccc3)n2)s1. The molecule has 10 heteroatoms. The molecule has 2 fully saturated rings. The van der Waals surface area contributed by atoms with E-state index in [1.54, 1.807) is 22.3 Å². The monoisotopic (exact) mass is 587 g/mol. The molecule has 4 aromatic rings. The first-order chi connectivity index (χ1) is 20.6. The van der Waals surface area contributed by atoms with Crippen LogP contribution in [-0.2, 0) is 11.3 Å². The summed E-state index contributed by atoms with van der Waals surface area (Å²) in [4.78, 5) is 15.1. The van der Waals surface area contributed by atoms with E-state index in [4.69, 9.17) is 19.8 Å². The molecule has 9 nitrogen and oxygen atoms in total. The lowest BCUT2D eigenvalue weighted by Gasteiger charge is -2.30. The number of anilines is 1. The van der Waals surface area contributed by atoms with Crippen molar-refractivity contribution in [2.24, 2.45) is 5.92 Å². The number of morpholine rings is 1. The lowest BCUT2D eigenvalue weighted by Crippen LogP contribution is -2.35. The number of aliphatic hydroxyl groups excluding tert-OH is 1. The minimum Gasteiger partial charge on any atom is -0.396 e. The third-order valence-electron chi connectivity index (χ3n) is 8.73. The molecule has 2 atom stereocenters. The van der Waals surface area contributed by atoms with Crippen LogP contribution in [0, 0.1) is 5.92 Å². The molecular weight excluding hydrogens is 546 g/mol. The number of nitrogens with one attached hydrogen (secondary N) is 1. The average Bonchev–Trinajstić information content (AvgIpc) is 3.72. The number of ether oxygens (including phenoxy) is 1. The Bertz CT molecular complexity index is 1430. The predicted octanol–water partition coefficient (Wildman–Crippen LogP) is 5.49. The first kappa shape index (κ1) is 28.9. The lowest BCUT2D eigenvalue weighted by atomic mass is 9.86. The third kappa shape index (κ3) is 6.89. The Morgan fingerprint density at radius 1 is 1.02 bits per heavy atom. The van der Waals surface area contributed by atoms with Crippen molar-refractivity contribution < 1.29 is 9.84 Å². The second-order valence-electron chi connectivity index (χ2n) is 11.7. The van der Waals surface area contributed by atoms with Crippen molar-refractivity contribution in [3.63, 3.8) is 0 Å². The summed E-state index contributed by atoms with van der Waals surface area (Å²) in [5.41, 5.74) is 4.14. The summed E-state index contributed by atoms with van der Waals surface area (Å²) in [5, 5.41) is 23.5. The minimum absolute atomic E-state index is 0.180. The van der Waals surface area contributed by atoms with Crippen molar-refractivity contribution in [2.75, 3.05) is 38.2 Å². The molecule has 4 heterocycles. The summed E-state index contributed by atoms with van der Waals surface area (Å²) in [6, 6.07) is 14.9. The Kier molecular flexibility index (Phi) is 9.24. The summed E-state index contributed by atoms with van der Waals surface area (Å²) in [6.45, 7) is 9.17. The summed E-state index contributed by atoms with van der Waals surface area (Å²) < 4.78 is 5.58. The molecule has 1 aliphatic heterocycles. The largest absolute Gasteiger partial charge is 0.396 e. The van der Waals surface area contributed by atoms with Gasteiger partial charge in [-0.3, -0.25) is 4.90 Å². The number of benzene rings is 1. The van der Waals surface area contributed by atoms with Crippen molar-refractivity contribution in [3.8, 4) is 16.3 Å². The van der Waals surface area contributed by atoms with Crippen molar-refractivity contribution >= 4 is 17.2 Å². The number of rotatable bonds is 10. The van der Waals surface area contributed by atoms with E-state index < -0.39 is 0 Å². The zero-order valence-corrected chi connectivity index (χ0v) is 25.3. The standard InChI is InChI=1S/C32H41N7O2S/c1-22(23(2)32-33-19-30(42-32)29-18-34-39(37-29)27-6-4-3-5-7-27)28-16-25(20-38-12-14-41-15-13-38)17-31(36-28)35-26-10-8-24(21-40)9-11-26/h3-7,16-19,22-24,26,40H,8-15,20-21H2,1-2H3,(H,35,36)/t22?,23?,24-,26-. The fourth-order valence-corrected chi connectivity index (χ4v) is 6.90. The summed E-state index contributed by atoms with van der Waals surface area (Å²) >= 11 is 1.68. The van der Waals surface area contributed by atoms with E-state index >= 15 is 0 Å². The second kappa shape index (κ2) is 13.4. The van der Waals surface area contributed by atoms with Crippen LogP contribution in [0.4, 0.5) is 5.82 Å². The van der Waals surface area contributed by atoms with Gasteiger partial charge in [-0.25, -0.2) is 9.97 Å². The van der Waals surface area contributed by atoms with E-state index in [0.29, 0.717) is 18.6 Å². The van der Waals surface area contributed by atoms with E-state index in [0.717, 1.165) is 91.3 Å². The molecular formula is C32H41N7O2S. The molecule has 0 bridgehead atoms. The topological polar surface area (TPSA) is 101 Å². The summed E-state index contributed by atoms with van der Waals surface area (Å²) in [5.74, 6) is 1.76. The van der Waals surface area contributed by atoms with Crippen molar-refractivity contribution in [1.82, 2.24) is 29.9 Å². The molecule has 6 rings (SSSR count). The Labute approximate surface area is 252 Å². The number of hydrogen-bond acceptors (Lipinski definition) is 9. The van der Waals surface area contributed by atoms with Crippen LogP contribution < -0.4 is 5.32 Å². The Morgan fingerprint density at radius 2 is 1.81 bits per heavy atom. The lowest BCUT2D eigenvalue weighted by molar-refractivity contribution is 0.0342. The van der Waals surface area contributed by atoms with Crippen LogP contribution >= 0.6 is 11.3 Å². The number of hydrogen-bond donors (Lipinski definition) is 2. The molecule has 42 heavy (non-hydrogen) atoms. The quantitative estimate of drug-likeness (QED) is 0.251. The minimum atomic E-state index is 0.180. The second-order valence-corrected chi connectivity index (χ2v) is 12.8. The molecule has 0 spiro atoms. The van der Waals surface area contributed by atoms with Gasteiger partial charge in [-0.05, 0) is 61.4 Å². The van der Waals surface area contributed by atoms with Gasteiger partial charge in [0.2, 0.25) is 0 Å². The van der Waals surface area contributed by atoms with Crippen LogP contribution in [-0.4, -0.2) is 73.9 Å². The highest BCUT2D eigenvalue weighted by Crippen LogP contribution is 2.37. The van der Waals surface area contributed by atoms with Gasteiger partial charge < -0.3 is 15.2 Å². The van der Waals surface area contributed by atoms with E-state index in [-0.39, 0.29) is 11.8 Å². The summed E-state index contributed by atoms with van der Waals surface area (Å²) in [6.07, 6.45) is 7.99. The van der Waals surface area contributed by atoms with E-state index in [9.17, 15) is 5.11 Å². The van der Waals surface area contributed by atoms with Crippen molar-refractivity contribution in [2.45, 2.75) is 64.0 Å². The van der Waals surface area contributed by atoms with Crippen LogP contribution in [0.2, 0.25) is 0 Å². The van der Waals surface area contributed by atoms with Crippen molar-refractivity contribution in [3.05, 3.63) is 71.1 Å². The normalized spacial score (nSPS) is 21.2. The van der Waals surface area contributed by atoms with Gasteiger partial charge in [0.1, 0.15) is 11.5 Å². The van der Waals surface area contributed by atoms with Gasteiger partial charge in [-0.2, -0.15) is 9.90 Å². The number of para-hydroxylation sites is 1. The molecule has 1 aromatic carbocycles. The van der Waals surface area contributed by atoms with Gasteiger partial charge >= 0.3 is 0 Å². The van der Waals surface area contributed by atoms with Gasteiger partial charge in [-0.1, -0.05) is 32.0 Å². The van der Waals surface area contributed by atoms with Gasteiger partial charge in [0, 0.05) is 56.0 Å². The highest BCUT2D eigenvalue weighted by Gasteiger charge is 2.25. The number of aromatic nitrogens is 5. The van der Waals surface area contributed by atoms with Gasteiger partial charge in [-0.15, -0.1) is 16.4 Å². The smallest absolute Gasteiger partial charge is 0.126 e. The number of aliphatic hydroxyl groups is 1. The molecule has 3 aromatic heterocycles. The molecule has 0 amide bonds. The predicted molar refractivity (Wildman–Crippen MR) is 166 cm³/mol. The van der Waals surface area contributed by atoms with Crippen molar-refractivity contribution in [1.29, 1.82) is 0 Å². The van der Waals surface area contributed by atoms with Gasteiger partial charge in [0.15, 0.2) is 0 Å². The third-order valence-corrected chi connectivity index (χ3v) is 9.95. The first-order valence-electron chi connectivity index (χ1n) is 15.2. The molecule has 1 saturated carbocycles. The molecule has 2 aliphatic rings. The van der Waals surface area contributed by atoms with Gasteiger partial charge in [0.25, 0.3) is 0 Å². The average molecular weight is 588 g/mol. The van der Waals surface area contributed by atoms with Crippen LogP contribution in [0.3, 0.4) is 0 Å². The molecule has 2 unspecified atom stereocenters. The highest BCUT2D eigenvalue weighted by molar-refractivity contribution is 7.15. The molecule has 222 valence electrons. The fraction of sp³-hybridized carbons (Fsp3) is 0.500. The molecule has 2 N–H and O–H groups in total. The molecule has 0 radical (unpaired) electrons. The highest BCUT2D eigenvalue weighted by atomic mass is 32.1. The van der Waals surface area contributed by atoms with E-state index in [1.807, 2.05) is 36.5 Å². The van der Waals surface area contributed by atoms with Crippen LogP contribution in [0.5, 0.6) is 0 Å². The Morgan fingerprint density at radius 3 is 2.57 bits per heavy atom. The fourth-order valence-electron chi connectivity index (χ4n) is 5.87. The maximum Gasteiger partial charge on any atom is 0.126 e. The number of thiazole rings is 1. The number of pyridine rings is 1. The van der Waals surface area contributed by atoms with Crippen LogP contribution in [0.15, 0.2) is 54.9 Å². The number of nitrogens with zero attached hydrogens (tertiary/aromatic N) is 6.